The summed E-state index contributed by atoms with van der Waals surface area (Å²) < 4.78 is 67.6. The molecule has 5 aliphatic carbocycles. The van der Waals surface area contributed by atoms with Crippen molar-refractivity contribution in [1.29, 1.82) is 0 Å². The van der Waals surface area contributed by atoms with Crippen LogP contribution in [0.4, 0.5) is 17.6 Å². The molecule has 37 heavy (non-hydrogen) atoms. The molecule has 5 saturated carbocycles. The summed E-state index contributed by atoms with van der Waals surface area (Å²) in [7, 11) is 0.833. The largest absolute Gasteiger partial charge is 0.493 e. The highest BCUT2D eigenvalue weighted by molar-refractivity contribution is 5.98. The van der Waals surface area contributed by atoms with Gasteiger partial charge in [0.1, 0.15) is 17.6 Å². The molecule has 1 N–H and O–H groups in total. The van der Waals surface area contributed by atoms with Gasteiger partial charge in [0, 0.05) is 25.0 Å². The molecule has 1 aromatic rings. The van der Waals surface area contributed by atoms with Crippen LogP contribution in [0, 0.1) is 29.0 Å². The lowest BCUT2D eigenvalue weighted by molar-refractivity contribution is -0.263. The summed E-state index contributed by atoms with van der Waals surface area (Å²) in [6.45, 7) is -0.524. The van der Waals surface area contributed by atoms with Gasteiger partial charge in [-0.15, -0.1) is 0 Å². The molecule has 7 rings (SSSR count). The van der Waals surface area contributed by atoms with Gasteiger partial charge in [0.2, 0.25) is 0 Å². The molecule has 6 nitrogen and oxygen atoms in total. The zero-order chi connectivity index (χ0) is 26.3. The van der Waals surface area contributed by atoms with E-state index in [0.29, 0.717) is 22.8 Å². The van der Waals surface area contributed by atoms with Crippen LogP contribution in [0.1, 0.15) is 73.2 Å². The van der Waals surface area contributed by atoms with E-state index in [2.05, 4.69) is 0 Å². The van der Waals surface area contributed by atoms with Crippen LogP contribution < -0.4 is 4.74 Å². The van der Waals surface area contributed by atoms with Gasteiger partial charge in [-0.25, -0.2) is 9.18 Å². The van der Waals surface area contributed by atoms with Gasteiger partial charge < -0.3 is 19.5 Å². The Hall–Kier alpha value is -2.36. The van der Waals surface area contributed by atoms with Crippen LogP contribution >= 0.6 is 0 Å². The van der Waals surface area contributed by atoms with Crippen LogP contribution in [0.5, 0.6) is 5.75 Å². The second-order valence-corrected chi connectivity index (χ2v) is 12.1. The van der Waals surface area contributed by atoms with Crippen molar-refractivity contribution in [2.24, 2.45) is 23.2 Å². The monoisotopic (exact) mass is 525 g/mol. The van der Waals surface area contributed by atoms with E-state index in [1.165, 1.54) is 18.9 Å². The van der Waals surface area contributed by atoms with E-state index >= 15 is 4.39 Å². The van der Waals surface area contributed by atoms with Crippen LogP contribution in [0.3, 0.4) is 0 Å². The molecule has 0 spiro atoms. The molecule has 6 fully saturated rings. The highest BCUT2D eigenvalue weighted by Gasteiger charge is 2.64. The molecule has 10 heteroatoms. The van der Waals surface area contributed by atoms with Crippen LogP contribution in [0.15, 0.2) is 12.1 Å². The number of hydrogen-bond acceptors (Lipinski definition) is 4. The molecular weight excluding hydrogens is 494 g/mol. The minimum absolute atomic E-state index is 0.0813. The highest BCUT2D eigenvalue weighted by Crippen LogP contribution is 2.64. The Morgan fingerprint density at radius 1 is 1.11 bits per heavy atom. The molecule has 1 aromatic carbocycles. The van der Waals surface area contributed by atoms with Gasteiger partial charge in [0.25, 0.3) is 5.91 Å². The lowest BCUT2D eigenvalue weighted by atomic mass is 9.70. The number of benzene rings is 1. The van der Waals surface area contributed by atoms with E-state index in [4.69, 9.17) is 9.47 Å². The molecule has 0 aromatic heterocycles. The summed E-state index contributed by atoms with van der Waals surface area (Å²) in [4.78, 5) is 25.7. The van der Waals surface area contributed by atoms with Gasteiger partial charge in [-0.05, 0) is 80.2 Å². The fraction of sp³-hybridized carbons (Fsp3) is 0.704. The lowest BCUT2D eigenvalue weighted by Crippen LogP contribution is -2.49. The average molecular weight is 526 g/mol. The quantitative estimate of drug-likeness (QED) is 0.498. The zero-order valence-corrected chi connectivity index (χ0v) is 20.7. The second kappa shape index (κ2) is 8.32. The maximum Gasteiger partial charge on any atom is 0.419 e. The number of likely N-dealkylation sites (tertiary alicyclic amines) is 1. The second-order valence-electron chi connectivity index (χ2n) is 12.1. The van der Waals surface area contributed by atoms with Crippen LogP contribution in [0.25, 0.3) is 0 Å². The average Bonchev–Trinajstić information content (AvgIpc) is 3.45. The molecular formula is C27H31F4NO5. The standard InChI is InChI=1S/C27H31F4NO5/c1-36-26(27(29,30)31)11-21(24(34)35)32(12-26)23(33)19-6-18(15-2-3-15)22(7-20(19)28)37-13-25-8-14-4-16(9-25)17(5-14)10-25/h6-7,14-17,21H,2-5,8-13H2,1H3,(H,34,35)/t14?,16?,17?,21-,25?,26?/m0/s1. The third-order valence-corrected chi connectivity index (χ3v) is 9.71. The molecule has 6 aliphatic rings. The minimum atomic E-state index is -4.90. The molecule has 1 heterocycles. The lowest BCUT2D eigenvalue weighted by Gasteiger charge is -2.38. The molecule has 202 valence electrons. The van der Waals surface area contributed by atoms with Crippen molar-refractivity contribution in [3.05, 3.63) is 29.1 Å². The Labute approximate surface area is 212 Å². The van der Waals surface area contributed by atoms with Gasteiger partial charge >= 0.3 is 12.1 Å². The SMILES string of the molecule is COC1(C(F)(F)F)C[C@@H](C(=O)O)N(C(=O)c2cc(C3CC3)c(OCC34CC5CC(C3)C(C5)C4)cc2F)C1. The van der Waals surface area contributed by atoms with Crippen molar-refractivity contribution in [3.63, 3.8) is 0 Å². The summed E-state index contributed by atoms with van der Waals surface area (Å²) in [5.41, 5.74) is -2.48. The Balaban J connectivity index is 1.26. The first-order chi connectivity index (χ1) is 17.4. The number of amides is 1. The van der Waals surface area contributed by atoms with E-state index < -0.39 is 54.0 Å². The van der Waals surface area contributed by atoms with Crippen LogP contribution in [0.2, 0.25) is 0 Å². The summed E-state index contributed by atoms with van der Waals surface area (Å²) in [6, 6.07) is 0.727. The number of aliphatic carboxylic acids is 1. The molecule has 1 aliphatic heterocycles. The number of alkyl halides is 3. The van der Waals surface area contributed by atoms with E-state index in [1.54, 1.807) is 0 Å². The number of carboxylic acids is 1. The smallest absolute Gasteiger partial charge is 0.419 e. The molecule has 1 saturated heterocycles. The van der Waals surface area contributed by atoms with Crippen molar-refractivity contribution < 1.29 is 41.7 Å². The first kappa shape index (κ1) is 24.9. The number of carbonyl (C=O) groups is 2. The van der Waals surface area contributed by atoms with Crippen molar-refractivity contribution >= 4 is 11.9 Å². The predicted octanol–water partition coefficient (Wildman–Crippen LogP) is 5.15. The zero-order valence-electron chi connectivity index (χ0n) is 20.7. The van der Waals surface area contributed by atoms with Crippen LogP contribution in [-0.2, 0) is 9.53 Å². The van der Waals surface area contributed by atoms with Gasteiger partial charge in [-0.1, -0.05) is 0 Å². The van der Waals surface area contributed by atoms with E-state index in [9.17, 15) is 27.9 Å². The number of methoxy groups -OCH3 is 1. The molecule has 4 bridgehead atoms. The van der Waals surface area contributed by atoms with E-state index in [-0.39, 0.29) is 11.3 Å². The van der Waals surface area contributed by atoms with Crippen molar-refractivity contribution in [3.8, 4) is 5.75 Å². The number of nitrogens with zero attached hydrogens (tertiary/aromatic N) is 1. The topological polar surface area (TPSA) is 76.1 Å². The van der Waals surface area contributed by atoms with Crippen molar-refractivity contribution in [2.45, 2.75) is 75.1 Å². The first-order valence-corrected chi connectivity index (χ1v) is 13.1. The number of carboxylic acid groups (broad SMARTS) is 1. The summed E-state index contributed by atoms with van der Waals surface area (Å²) in [6.07, 6.45) is 1.83. The number of carbonyl (C=O) groups excluding carboxylic acids is 1. The van der Waals surface area contributed by atoms with E-state index in [1.807, 2.05) is 0 Å². The van der Waals surface area contributed by atoms with Gasteiger partial charge in [0.05, 0.1) is 18.7 Å². The highest BCUT2D eigenvalue weighted by atomic mass is 19.4. The summed E-state index contributed by atoms with van der Waals surface area (Å²) in [5.74, 6) is -0.876. The number of halogens is 4. The normalized spacial score (nSPS) is 36.4. The Kier molecular flexibility index (Phi) is 5.61. The number of ether oxygens (including phenoxy) is 2. The number of rotatable bonds is 7. The fourth-order valence-electron chi connectivity index (χ4n) is 7.89. The third kappa shape index (κ3) is 4.01. The number of hydrogen-bond donors (Lipinski definition) is 1. The molecule has 3 unspecified atom stereocenters. The minimum Gasteiger partial charge on any atom is -0.493 e. The molecule has 4 atom stereocenters. The summed E-state index contributed by atoms with van der Waals surface area (Å²) >= 11 is 0. The fourth-order valence-corrected chi connectivity index (χ4v) is 7.89. The molecule has 1 amide bonds. The first-order valence-electron chi connectivity index (χ1n) is 13.1. The van der Waals surface area contributed by atoms with Crippen LogP contribution in [-0.4, -0.2) is 60.0 Å². The van der Waals surface area contributed by atoms with Gasteiger partial charge in [-0.3, -0.25) is 4.79 Å². The molecule has 0 radical (unpaired) electrons. The maximum atomic E-state index is 15.3. The predicted molar refractivity (Wildman–Crippen MR) is 123 cm³/mol. The van der Waals surface area contributed by atoms with Gasteiger partial charge in [0.15, 0.2) is 5.60 Å². The Morgan fingerprint density at radius 3 is 2.32 bits per heavy atom. The third-order valence-electron chi connectivity index (χ3n) is 9.71. The van der Waals surface area contributed by atoms with Gasteiger partial charge in [-0.2, -0.15) is 13.2 Å². The Bertz CT molecular complexity index is 1120. The Morgan fingerprint density at radius 2 is 1.78 bits per heavy atom. The van der Waals surface area contributed by atoms with Crippen molar-refractivity contribution in [2.75, 3.05) is 20.3 Å². The summed E-state index contributed by atoms with van der Waals surface area (Å²) in [5, 5.41) is 9.58. The van der Waals surface area contributed by atoms with E-state index in [0.717, 1.165) is 63.0 Å². The van der Waals surface area contributed by atoms with Crippen molar-refractivity contribution in [1.82, 2.24) is 4.90 Å². The maximum absolute atomic E-state index is 15.3.